The molecule has 0 spiro atoms. The predicted molar refractivity (Wildman–Crippen MR) is 89.1 cm³/mol. The summed E-state index contributed by atoms with van der Waals surface area (Å²) in [5.74, 6) is 2.17. The monoisotopic (exact) mass is 380 g/mol. The van der Waals surface area contributed by atoms with Gasteiger partial charge in [-0.15, -0.1) is 24.0 Å². The van der Waals surface area contributed by atoms with Crippen molar-refractivity contribution in [2.75, 3.05) is 21.1 Å². The summed E-state index contributed by atoms with van der Waals surface area (Å²) >= 11 is 0. The van der Waals surface area contributed by atoms with Gasteiger partial charge in [-0.1, -0.05) is 19.0 Å². The molecule has 110 valence electrons. The van der Waals surface area contributed by atoms with E-state index in [0.717, 1.165) is 30.3 Å². The Morgan fingerprint density at radius 2 is 2.05 bits per heavy atom. The molecule has 1 N–H and O–H groups in total. The quantitative estimate of drug-likeness (QED) is 0.485. The number of hydrogen-bond acceptors (Lipinski definition) is 3. The van der Waals surface area contributed by atoms with Crippen molar-refractivity contribution in [2.24, 2.45) is 4.99 Å². The van der Waals surface area contributed by atoms with Gasteiger partial charge in [0.25, 0.3) is 0 Å². The zero-order valence-electron chi connectivity index (χ0n) is 12.4. The number of hydrogen-bond donors (Lipinski definition) is 1. The van der Waals surface area contributed by atoms with Gasteiger partial charge in [0.15, 0.2) is 11.7 Å². The van der Waals surface area contributed by atoms with E-state index in [4.69, 9.17) is 4.52 Å². The van der Waals surface area contributed by atoms with Crippen LogP contribution in [0.3, 0.4) is 0 Å². The highest BCUT2D eigenvalue weighted by molar-refractivity contribution is 14.0. The fourth-order valence-electron chi connectivity index (χ4n) is 1.91. The molecule has 1 heterocycles. The fraction of sp³-hybridized carbons (Fsp3) is 0.692. The van der Waals surface area contributed by atoms with Crippen molar-refractivity contribution in [3.05, 3.63) is 17.5 Å². The Labute approximate surface area is 132 Å². The zero-order chi connectivity index (χ0) is 13.5. The molecular weight excluding hydrogens is 355 g/mol. The molecule has 0 aliphatic carbocycles. The van der Waals surface area contributed by atoms with E-state index in [1.165, 1.54) is 0 Å². The molecule has 1 aromatic heterocycles. The van der Waals surface area contributed by atoms with E-state index in [0.29, 0.717) is 12.5 Å². The van der Waals surface area contributed by atoms with Crippen LogP contribution in [0.15, 0.2) is 15.6 Å². The lowest BCUT2D eigenvalue weighted by atomic mass is 9.99. The number of halogens is 1. The highest BCUT2D eigenvalue weighted by atomic mass is 127. The number of nitrogens with one attached hydrogen (secondary N) is 1. The minimum atomic E-state index is 0. The minimum absolute atomic E-state index is 0. The molecule has 0 radical (unpaired) electrons. The predicted octanol–water partition coefficient (Wildman–Crippen LogP) is 2.83. The lowest BCUT2D eigenvalue weighted by Crippen LogP contribution is -2.35. The van der Waals surface area contributed by atoms with E-state index in [1.54, 1.807) is 7.05 Å². The Hall–Kier alpha value is -0.790. The van der Waals surface area contributed by atoms with Crippen LogP contribution in [0.1, 0.15) is 44.1 Å². The zero-order valence-corrected chi connectivity index (χ0v) is 14.8. The van der Waals surface area contributed by atoms with Crippen LogP contribution >= 0.6 is 24.0 Å². The summed E-state index contributed by atoms with van der Waals surface area (Å²) in [6.45, 7) is 4.96. The molecule has 0 unspecified atom stereocenters. The third-order valence-corrected chi connectivity index (χ3v) is 3.04. The van der Waals surface area contributed by atoms with Crippen molar-refractivity contribution in [3.63, 3.8) is 0 Å². The molecule has 19 heavy (non-hydrogen) atoms. The van der Waals surface area contributed by atoms with Crippen LogP contribution in [0.2, 0.25) is 0 Å². The van der Waals surface area contributed by atoms with E-state index in [-0.39, 0.29) is 24.0 Å². The molecule has 0 aliphatic heterocycles. The Bertz CT molecular complexity index is 386. The van der Waals surface area contributed by atoms with Crippen LogP contribution in [0, 0.1) is 0 Å². The molecule has 1 aromatic rings. The van der Waals surface area contributed by atoms with Crippen molar-refractivity contribution < 1.29 is 4.52 Å². The number of nitrogens with zero attached hydrogens (tertiary/aromatic N) is 3. The van der Waals surface area contributed by atoms with Gasteiger partial charge >= 0.3 is 0 Å². The second-order valence-corrected chi connectivity index (χ2v) is 4.53. The molecule has 0 atom stereocenters. The number of rotatable bonds is 5. The molecular formula is C13H25IN4O. The SMILES string of the molecule is CCC(CC)c1cc(CNC(=NC)N(C)C)on1.I. The van der Waals surface area contributed by atoms with E-state index in [1.807, 2.05) is 25.1 Å². The van der Waals surface area contributed by atoms with Crippen LogP contribution in [-0.4, -0.2) is 37.2 Å². The smallest absolute Gasteiger partial charge is 0.193 e. The number of guanidine groups is 1. The normalized spacial score (nSPS) is 11.4. The molecule has 0 saturated carbocycles. The largest absolute Gasteiger partial charge is 0.359 e. The van der Waals surface area contributed by atoms with Gasteiger partial charge in [0, 0.05) is 33.1 Å². The molecule has 0 saturated heterocycles. The lowest BCUT2D eigenvalue weighted by Gasteiger charge is -2.15. The second kappa shape index (κ2) is 9.17. The van der Waals surface area contributed by atoms with Gasteiger partial charge in [0.05, 0.1) is 12.2 Å². The summed E-state index contributed by atoms with van der Waals surface area (Å²) in [7, 11) is 5.66. The first-order valence-electron chi connectivity index (χ1n) is 6.45. The molecule has 0 bridgehead atoms. The molecule has 5 nitrogen and oxygen atoms in total. The van der Waals surface area contributed by atoms with Crippen LogP contribution < -0.4 is 5.32 Å². The molecule has 0 aromatic carbocycles. The fourth-order valence-corrected chi connectivity index (χ4v) is 1.91. The maximum Gasteiger partial charge on any atom is 0.193 e. The Balaban J connectivity index is 0.00000324. The summed E-state index contributed by atoms with van der Waals surface area (Å²) in [6.07, 6.45) is 2.19. The second-order valence-electron chi connectivity index (χ2n) is 4.53. The number of aliphatic imine (C=N–C) groups is 1. The Morgan fingerprint density at radius 3 is 2.53 bits per heavy atom. The molecule has 0 fully saturated rings. The summed E-state index contributed by atoms with van der Waals surface area (Å²) < 4.78 is 5.34. The van der Waals surface area contributed by atoms with E-state index >= 15 is 0 Å². The summed E-state index contributed by atoms with van der Waals surface area (Å²) in [5.41, 5.74) is 1.05. The van der Waals surface area contributed by atoms with Crippen molar-refractivity contribution in [1.82, 2.24) is 15.4 Å². The average Bonchev–Trinajstić information content (AvgIpc) is 2.80. The standard InChI is InChI=1S/C13H24N4O.HI/c1-6-10(7-2)12-8-11(18-16-12)9-15-13(14-3)17(4)5;/h8,10H,6-7,9H2,1-5H3,(H,14,15);1H. The van der Waals surface area contributed by atoms with E-state index in [9.17, 15) is 0 Å². The van der Waals surface area contributed by atoms with Crippen LogP contribution in [0.25, 0.3) is 0 Å². The summed E-state index contributed by atoms with van der Waals surface area (Å²) in [6, 6.07) is 2.04. The maximum atomic E-state index is 5.34. The van der Waals surface area contributed by atoms with Crippen LogP contribution in [-0.2, 0) is 6.54 Å². The van der Waals surface area contributed by atoms with E-state index < -0.39 is 0 Å². The molecule has 1 rings (SSSR count). The molecule has 6 heteroatoms. The van der Waals surface area contributed by atoms with E-state index in [2.05, 4.69) is 29.3 Å². The van der Waals surface area contributed by atoms with Crippen molar-refractivity contribution in [3.8, 4) is 0 Å². The van der Waals surface area contributed by atoms with Gasteiger partial charge in [-0.25, -0.2) is 0 Å². The average molecular weight is 380 g/mol. The first kappa shape index (κ1) is 18.2. The van der Waals surface area contributed by atoms with Gasteiger partial charge in [0.1, 0.15) is 0 Å². The highest BCUT2D eigenvalue weighted by Crippen LogP contribution is 2.22. The van der Waals surface area contributed by atoms with Crippen LogP contribution in [0.4, 0.5) is 0 Å². The number of aromatic nitrogens is 1. The summed E-state index contributed by atoms with van der Waals surface area (Å²) in [4.78, 5) is 6.08. The highest BCUT2D eigenvalue weighted by Gasteiger charge is 2.13. The van der Waals surface area contributed by atoms with Gasteiger partial charge in [0.2, 0.25) is 0 Å². The summed E-state index contributed by atoms with van der Waals surface area (Å²) in [5, 5.41) is 7.35. The van der Waals surface area contributed by atoms with Gasteiger partial charge < -0.3 is 14.7 Å². The topological polar surface area (TPSA) is 53.7 Å². The maximum absolute atomic E-state index is 5.34. The molecule has 0 aliphatic rings. The lowest BCUT2D eigenvalue weighted by molar-refractivity contribution is 0.366. The van der Waals surface area contributed by atoms with Crippen molar-refractivity contribution >= 4 is 29.9 Å². The Morgan fingerprint density at radius 1 is 1.42 bits per heavy atom. The van der Waals surface area contributed by atoms with Gasteiger partial charge in [-0.2, -0.15) is 0 Å². The van der Waals surface area contributed by atoms with Gasteiger partial charge in [-0.05, 0) is 12.8 Å². The third kappa shape index (κ3) is 5.38. The Kier molecular flexibility index (Phi) is 8.79. The van der Waals surface area contributed by atoms with Gasteiger partial charge in [-0.3, -0.25) is 4.99 Å². The minimum Gasteiger partial charge on any atom is -0.359 e. The first-order valence-corrected chi connectivity index (χ1v) is 6.45. The van der Waals surface area contributed by atoms with Crippen molar-refractivity contribution in [1.29, 1.82) is 0 Å². The molecule has 0 amide bonds. The first-order chi connectivity index (χ1) is 8.62. The van der Waals surface area contributed by atoms with Crippen LogP contribution in [0.5, 0.6) is 0 Å². The third-order valence-electron chi connectivity index (χ3n) is 3.04. The van der Waals surface area contributed by atoms with Crippen molar-refractivity contribution in [2.45, 2.75) is 39.2 Å².